The van der Waals surface area contributed by atoms with E-state index in [1.807, 2.05) is 13.8 Å². The van der Waals surface area contributed by atoms with Crippen molar-refractivity contribution in [2.75, 3.05) is 16.8 Å². The minimum absolute atomic E-state index is 0.148. The van der Waals surface area contributed by atoms with Gasteiger partial charge in [0.2, 0.25) is 10.0 Å². The standard InChI is InChI=1S/C18H27Cl2N3O3S/c1-4-12(2)22-27(25,26)16-11-14(21-18(24)17(19)20)8-9-15(16)23-10-6-5-7-13(23)3/h8-9,11-13,17,22H,4-7,10H2,1-3H3,(H,21,24)/t12-,13+/m1/s1. The van der Waals surface area contributed by atoms with E-state index < -0.39 is 20.8 Å². The molecule has 9 heteroatoms. The molecule has 1 heterocycles. The smallest absolute Gasteiger partial charge is 0.257 e. The third-order valence-corrected chi connectivity index (χ3v) is 6.81. The Balaban J connectivity index is 2.47. The van der Waals surface area contributed by atoms with Gasteiger partial charge in [0.1, 0.15) is 4.90 Å². The van der Waals surface area contributed by atoms with Gasteiger partial charge in [-0.3, -0.25) is 4.79 Å². The van der Waals surface area contributed by atoms with E-state index in [1.54, 1.807) is 12.1 Å². The molecule has 0 aromatic heterocycles. The van der Waals surface area contributed by atoms with Gasteiger partial charge in [-0.1, -0.05) is 30.1 Å². The summed E-state index contributed by atoms with van der Waals surface area (Å²) < 4.78 is 28.8. The first-order chi connectivity index (χ1) is 12.7. The molecule has 6 nitrogen and oxygen atoms in total. The fourth-order valence-corrected chi connectivity index (χ4v) is 4.78. The third kappa shape index (κ3) is 5.73. The van der Waals surface area contributed by atoms with Crippen molar-refractivity contribution in [2.45, 2.75) is 68.3 Å². The first-order valence-electron chi connectivity index (χ1n) is 9.17. The molecular weight excluding hydrogens is 409 g/mol. The summed E-state index contributed by atoms with van der Waals surface area (Å²) in [5.74, 6) is -0.601. The largest absolute Gasteiger partial charge is 0.368 e. The van der Waals surface area contributed by atoms with Crippen LogP contribution in [0.15, 0.2) is 23.1 Å². The topological polar surface area (TPSA) is 78.5 Å². The molecule has 27 heavy (non-hydrogen) atoms. The summed E-state index contributed by atoms with van der Waals surface area (Å²) in [5, 5.41) is 2.55. The van der Waals surface area contributed by atoms with E-state index in [-0.39, 0.29) is 17.0 Å². The van der Waals surface area contributed by atoms with E-state index in [9.17, 15) is 13.2 Å². The van der Waals surface area contributed by atoms with Crippen LogP contribution in [0, 0.1) is 0 Å². The van der Waals surface area contributed by atoms with Gasteiger partial charge in [-0.25, -0.2) is 13.1 Å². The molecule has 0 spiro atoms. The molecule has 1 amide bonds. The van der Waals surface area contributed by atoms with Crippen LogP contribution in [-0.2, 0) is 14.8 Å². The number of carbonyl (C=O) groups is 1. The van der Waals surface area contributed by atoms with Crippen LogP contribution in [0.3, 0.4) is 0 Å². The average Bonchev–Trinajstić information content (AvgIpc) is 2.61. The van der Waals surface area contributed by atoms with E-state index in [4.69, 9.17) is 23.2 Å². The summed E-state index contributed by atoms with van der Waals surface area (Å²) >= 11 is 11.2. The van der Waals surface area contributed by atoms with E-state index in [1.165, 1.54) is 6.07 Å². The number of hydrogen-bond donors (Lipinski definition) is 2. The summed E-state index contributed by atoms with van der Waals surface area (Å²) in [6.45, 7) is 6.62. The van der Waals surface area contributed by atoms with Crippen molar-refractivity contribution >= 4 is 50.5 Å². The minimum Gasteiger partial charge on any atom is -0.368 e. The van der Waals surface area contributed by atoms with Gasteiger partial charge in [-0.2, -0.15) is 0 Å². The van der Waals surface area contributed by atoms with Crippen LogP contribution in [0.2, 0.25) is 0 Å². The Morgan fingerprint density at radius 1 is 1.33 bits per heavy atom. The molecule has 0 unspecified atom stereocenters. The predicted octanol–water partition coefficient (Wildman–Crippen LogP) is 3.88. The van der Waals surface area contributed by atoms with Crippen molar-refractivity contribution in [3.63, 3.8) is 0 Å². The highest BCUT2D eigenvalue weighted by Gasteiger charge is 2.28. The van der Waals surface area contributed by atoms with Crippen LogP contribution < -0.4 is 14.9 Å². The highest BCUT2D eigenvalue weighted by molar-refractivity contribution is 7.89. The lowest BCUT2D eigenvalue weighted by atomic mass is 10.0. The van der Waals surface area contributed by atoms with Crippen LogP contribution in [0.1, 0.15) is 46.5 Å². The maximum absolute atomic E-state index is 13.0. The number of rotatable bonds is 7. The Morgan fingerprint density at radius 3 is 2.63 bits per heavy atom. The zero-order valence-corrected chi connectivity index (χ0v) is 18.2. The molecule has 1 saturated heterocycles. The Hall–Kier alpha value is -1.02. The normalized spacial score (nSPS) is 19.2. The molecule has 2 rings (SSSR count). The number of nitrogens with one attached hydrogen (secondary N) is 2. The molecular formula is C18H27Cl2N3O3S. The second-order valence-electron chi connectivity index (χ2n) is 6.94. The molecule has 1 aliphatic heterocycles. The van der Waals surface area contributed by atoms with Gasteiger partial charge >= 0.3 is 0 Å². The van der Waals surface area contributed by atoms with E-state index >= 15 is 0 Å². The number of nitrogens with zero attached hydrogens (tertiary/aromatic N) is 1. The number of amides is 1. The van der Waals surface area contributed by atoms with Crippen molar-refractivity contribution < 1.29 is 13.2 Å². The lowest BCUT2D eigenvalue weighted by Crippen LogP contribution is -2.39. The first-order valence-corrected chi connectivity index (χ1v) is 11.5. The zero-order valence-electron chi connectivity index (χ0n) is 15.8. The molecule has 2 atom stereocenters. The van der Waals surface area contributed by atoms with Crippen LogP contribution in [-0.4, -0.2) is 37.8 Å². The summed E-state index contributed by atoms with van der Waals surface area (Å²) in [7, 11) is -3.76. The van der Waals surface area contributed by atoms with Gasteiger partial charge in [0.15, 0.2) is 4.84 Å². The predicted molar refractivity (Wildman–Crippen MR) is 111 cm³/mol. The summed E-state index contributed by atoms with van der Waals surface area (Å²) in [5.41, 5.74) is 0.980. The number of carbonyl (C=O) groups excluding carboxylic acids is 1. The maximum Gasteiger partial charge on any atom is 0.257 e. The maximum atomic E-state index is 13.0. The van der Waals surface area contributed by atoms with Crippen molar-refractivity contribution in [3.8, 4) is 0 Å². The van der Waals surface area contributed by atoms with Crippen molar-refractivity contribution in [1.29, 1.82) is 0 Å². The molecule has 1 aromatic rings. The Labute approximate surface area is 171 Å². The molecule has 1 aromatic carbocycles. The zero-order chi connectivity index (χ0) is 20.2. The van der Waals surface area contributed by atoms with E-state index in [0.29, 0.717) is 17.8 Å². The van der Waals surface area contributed by atoms with E-state index in [0.717, 1.165) is 25.8 Å². The molecule has 0 radical (unpaired) electrons. The summed E-state index contributed by atoms with van der Waals surface area (Å²) in [4.78, 5) is 12.8. The minimum atomic E-state index is -3.76. The van der Waals surface area contributed by atoms with Crippen molar-refractivity contribution in [2.24, 2.45) is 0 Å². The molecule has 152 valence electrons. The van der Waals surface area contributed by atoms with Crippen LogP contribution in [0.25, 0.3) is 0 Å². The number of alkyl halides is 2. The molecule has 0 aliphatic carbocycles. The quantitative estimate of drug-likeness (QED) is 0.636. The van der Waals surface area contributed by atoms with Gasteiger partial charge in [0, 0.05) is 24.3 Å². The average molecular weight is 436 g/mol. The van der Waals surface area contributed by atoms with Crippen LogP contribution >= 0.6 is 23.2 Å². The molecule has 0 saturated carbocycles. The number of hydrogen-bond acceptors (Lipinski definition) is 4. The van der Waals surface area contributed by atoms with Gasteiger partial charge in [-0.05, 0) is 57.7 Å². The van der Waals surface area contributed by atoms with Crippen LogP contribution in [0.4, 0.5) is 11.4 Å². The summed E-state index contributed by atoms with van der Waals surface area (Å²) in [6, 6.07) is 4.92. The Bertz CT molecular complexity index is 771. The third-order valence-electron chi connectivity index (χ3n) is 4.80. The number of piperidine rings is 1. The fourth-order valence-electron chi connectivity index (χ4n) is 3.11. The Morgan fingerprint density at radius 2 is 2.04 bits per heavy atom. The molecule has 2 N–H and O–H groups in total. The lowest BCUT2D eigenvalue weighted by molar-refractivity contribution is -0.114. The SMILES string of the molecule is CC[C@@H](C)NS(=O)(=O)c1cc(NC(=O)C(Cl)Cl)ccc1N1CCCC[C@@H]1C. The van der Waals surface area contributed by atoms with Gasteiger partial charge < -0.3 is 10.2 Å². The monoisotopic (exact) mass is 435 g/mol. The first kappa shape index (κ1) is 22.3. The summed E-state index contributed by atoms with van der Waals surface area (Å²) in [6.07, 6.45) is 3.83. The number of anilines is 2. The van der Waals surface area contributed by atoms with Crippen LogP contribution in [0.5, 0.6) is 0 Å². The Kier molecular flexibility index (Phi) is 7.80. The lowest BCUT2D eigenvalue weighted by Gasteiger charge is -2.36. The highest BCUT2D eigenvalue weighted by Crippen LogP contribution is 2.33. The highest BCUT2D eigenvalue weighted by atomic mass is 35.5. The van der Waals surface area contributed by atoms with Crippen molar-refractivity contribution in [3.05, 3.63) is 18.2 Å². The number of sulfonamides is 1. The number of halogens is 2. The number of benzene rings is 1. The molecule has 1 fully saturated rings. The van der Waals surface area contributed by atoms with Gasteiger partial charge in [0.05, 0.1) is 5.69 Å². The molecule has 0 bridgehead atoms. The van der Waals surface area contributed by atoms with E-state index in [2.05, 4.69) is 21.9 Å². The van der Waals surface area contributed by atoms with Gasteiger partial charge in [0.25, 0.3) is 5.91 Å². The molecule has 1 aliphatic rings. The second kappa shape index (κ2) is 9.45. The van der Waals surface area contributed by atoms with Gasteiger partial charge in [-0.15, -0.1) is 0 Å². The second-order valence-corrected chi connectivity index (χ2v) is 9.72. The fraction of sp³-hybridized carbons (Fsp3) is 0.611. The van der Waals surface area contributed by atoms with Crippen molar-refractivity contribution in [1.82, 2.24) is 4.72 Å².